The van der Waals surface area contributed by atoms with E-state index in [1.54, 1.807) is 13.8 Å². The SMILES string of the molecule is CCN(CCCC(=N)N)CC(C)(C)O. The van der Waals surface area contributed by atoms with Crippen LogP contribution in [-0.4, -0.2) is 41.1 Å². The van der Waals surface area contributed by atoms with Gasteiger partial charge in [-0.25, -0.2) is 0 Å². The lowest BCUT2D eigenvalue weighted by molar-refractivity contribution is 0.0377. The van der Waals surface area contributed by atoms with Gasteiger partial charge in [-0.3, -0.25) is 5.41 Å². The van der Waals surface area contributed by atoms with Crippen LogP contribution in [0.1, 0.15) is 33.6 Å². The maximum Gasteiger partial charge on any atom is 0.0905 e. The third kappa shape index (κ3) is 8.01. The molecule has 0 aliphatic rings. The molecule has 0 rings (SSSR count). The average molecular weight is 201 g/mol. The molecule has 14 heavy (non-hydrogen) atoms. The summed E-state index contributed by atoms with van der Waals surface area (Å²) in [5.74, 6) is 0.240. The second kappa shape index (κ2) is 5.98. The molecule has 0 fully saturated rings. The first-order valence-electron chi connectivity index (χ1n) is 5.13. The number of amidine groups is 1. The van der Waals surface area contributed by atoms with Gasteiger partial charge in [0.05, 0.1) is 11.4 Å². The van der Waals surface area contributed by atoms with Crippen LogP contribution in [0.15, 0.2) is 0 Å². The minimum absolute atomic E-state index is 0.240. The number of rotatable bonds is 7. The summed E-state index contributed by atoms with van der Waals surface area (Å²) in [4.78, 5) is 2.17. The normalized spacial score (nSPS) is 12.1. The van der Waals surface area contributed by atoms with Crippen LogP contribution in [0.3, 0.4) is 0 Å². The molecular weight excluding hydrogens is 178 g/mol. The number of nitrogens with two attached hydrogens (primary N) is 1. The fourth-order valence-electron chi connectivity index (χ4n) is 1.39. The summed E-state index contributed by atoms with van der Waals surface area (Å²) in [6, 6.07) is 0. The second-order valence-corrected chi connectivity index (χ2v) is 4.31. The molecule has 0 atom stereocenters. The summed E-state index contributed by atoms with van der Waals surface area (Å²) in [5, 5.41) is 16.7. The van der Waals surface area contributed by atoms with Crippen LogP contribution < -0.4 is 5.73 Å². The molecule has 0 radical (unpaired) electrons. The Morgan fingerprint density at radius 3 is 2.43 bits per heavy atom. The molecule has 4 heteroatoms. The molecule has 0 amide bonds. The maximum absolute atomic E-state index is 9.62. The highest BCUT2D eigenvalue weighted by atomic mass is 16.3. The molecule has 0 saturated heterocycles. The fourth-order valence-corrected chi connectivity index (χ4v) is 1.39. The van der Waals surface area contributed by atoms with Crippen molar-refractivity contribution in [2.45, 2.75) is 39.2 Å². The van der Waals surface area contributed by atoms with Crippen molar-refractivity contribution < 1.29 is 5.11 Å². The van der Waals surface area contributed by atoms with Gasteiger partial charge in [-0.2, -0.15) is 0 Å². The lowest BCUT2D eigenvalue weighted by Crippen LogP contribution is -2.39. The summed E-state index contributed by atoms with van der Waals surface area (Å²) in [6.45, 7) is 8.16. The van der Waals surface area contributed by atoms with E-state index in [4.69, 9.17) is 11.1 Å². The van der Waals surface area contributed by atoms with Gasteiger partial charge in [0.25, 0.3) is 0 Å². The number of aliphatic hydroxyl groups is 1. The highest BCUT2D eigenvalue weighted by molar-refractivity contribution is 5.76. The molecule has 4 nitrogen and oxygen atoms in total. The van der Waals surface area contributed by atoms with Gasteiger partial charge in [0.15, 0.2) is 0 Å². The Balaban J connectivity index is 3.74. The van der Waals surface area contributed by atoms with E-state index in [0.29, 0.717) is 13.0 Å². The summed E-state index contributed by atoms with van der Waals surface area (Å²) in [6.07, 6.45) is 1.53. The Morgan fingerprint density at radius 1 is 1.50 bits per heavy atom. The van der Waals surface area contributed by atoms with Crippen LogP contribution in [0.25, 0.3) is 0 Å². The van der Waals surface area contributed by atoms with E-state index in [-0.39, 0.29) is 5.84 Å². The lowest BCUT2D eigenvalue weighted by Gasteiger charge is -2.27. The van der Waals surface area contributed by atoms with E-state index in [1.165, 1.54) is 0 Å². The number of nitrogens with one attached hydrogen (secondary N) is 1. The van der Waals surface area contributed by atoms with Crippen molar-refractivity contribution in [1.82, 2.24) is 4.90 Å². The van der Waals surface area contributed by atoms with E-state index in [9.17, 15) is 5.11 Å². The minimum Gasteiger partial charge on any atom is -0.389 e. The fraction of sp³-hybridized carbons (Fsp3) is 0.900. The molecule has 0 unspecified atom stereocenters. The Kier molecular flexibility index (Phi) is 5.72. The average Bonchev–Trinajstić information content (AvgIpc) is 1.99. The molecule has 0 aliphatic carbocycles. The van der Waals surface area contributed by atoms with Crippen molar-refractivity contribution in [1.29, 1.82) is 5.41 Å². The van der Waals surface area contributed by atoms with Crippen LogP contribution in [0, 0.1) is 5.41 Å². The zero-order chi connectivity index (χ0) is 11.2. The maximum atomic E-state index is 9.62. The molecule has 0 aromatic carbocycles. The van der Waals surface area contributed by atoms with Crippen LogP contribution in [-0.2, 0) is 0 Å². The van der Waals surface area contributed by atoms with E-state index < -0.39 is 5.60 Å². The van der Waals surface area contributed by atoms with Gasteiger partial charge in [-0.05, 0) is 33.4 Å². The van der Waals surface area contributed by atoms with Gasteiger partial charge in [-0.1, -0.05) is 6.92 Å². The van der Waals surface area contributed by atoms with Crippen LogP contribution in [0.4, 0.5) is 0 Å². The van der Waals surface area contributed by atoms with E-state index >= 15 is 0 Å². The molecule has 0 saturated carbocycles. The third-order valence-corrected chi connectivity index (χ3v) is 1.98. The Hall–Kier alpha value is -0.610. The Labute approximate surface area is 86.6 Å². The van der Waals surface area contributed by atoms with Gasteiger partial charge < -0.3 is 15.7 Å². The quantitative estimate of drug-likeness (QED) is 0.421. The highest BCUT2D eigenvalue weighted by Gasteiger charge is 2.16. The third-order valence-electron chi connectivity index (χ3n) is 1.98. The molecule has 4 N–H and O–H groups in total. The van der Waals surface area contributed by atoms with E-state index in [2.05, 4.69) is 11.8 Å². The number of hydrogen-bond donors (Lipinski definition) is 3. The first kappa shape index (κ1) is 13.4. The molecule has 0 heterocycles. The summed E-state index contributed by atoms with van der Waals surface area (Å²) in [5.41, 5.74) is 4.62. The second-order valence-electron chi connectivity index (χ2n) is 4.31. The highest BCUT2D eigenvalue weighted by Crippen LogP contribution is 2.05. The zero-order valence-corrected chi connectivity index (χ0v) is 9.51. The lowest BCUT2D eigenvalue weighted by atomic mass is 10.1. The van der Waals surface area contributed by atoms with Crippen molar-refractivity contribution in [2.24, 2.45) is 5.73 Å². The first-order chi connectivity index (χ1) is 6.35. The molecule has 0 aliphatic heterocycles. The minimum atomic E-state index is -0.647. The largest absolute Gasteiger partial charge is 0.389 e. The smallest absolute Gasteiger partial charge is 0.0905 e. The molecule has 0 aromatic heterocycles. The van der Waals surface area contributed by atoms with E-state index in [0.717, 1.165) is 19.5 Å². The van der Waals surface area contributed by atoms with Gasteiger partial charge >= 0.3 is 0 Å². The van der Waals surface area contributed by atoms with Gasteiger partial charge in [0.2, 0.25) is 0 Å². The molecular formula is C10H23N3O. The van der Waals surface area contributed by atoms with Gasteiger partial charge in [0, 0.05) is 13.0 Å². The predicted molar refractivity (Wildman–Crippen MR) is 59.6 cm³/mol. The number of likely N-dealkylation sites (N-methyl/N-ethyl adjacent to an activating group) is 1. The topological polar surface area (TPSA) is 73.3 Å². The van der Waals surface area contributed by atoms with Crippen molar-refractivity contribution in [3.8, 4) is 0 Å². The monoisotopic (exact) mass is 201 g/mol. The van der Waals surface area contributed by atoms with Gasteiger partial charge in [0.1, 0.15) is 0 Å². The molecule has 0 spiro atoms. The predicted octanol–water partition coefficient (Wildman–Crippen LogP) is 0.795. The molecule has 84 valence electrons. The van der Waals surface area contributed by atoms with Crippen molar-refractivity contribution in [3.05, 3.63) is 0 Å². The Bertz CT molecular complexity index is 175. The number of nitrogens with zero attached hydrogens (tertiary/aromatic N) is 1. The first-order valence-corrected chi connectivity index (χ1v) is 5.13. The summed E-state index contributed by atoms with van der Waals surface area (Å²) >= 11 is 0. The van der Waals surface area contributed by atoms with Gasteiger partial charge in [-0.15, -0.1) is 0 Å². The van der Waals surface area contributed by atoms with Crippen LogP contribution in [0.5, 0.6) is 0 Å². The van der Waals surface area contributed by atoms with Crippen molar-refractivity contribution >= 4 is 5.84 Å². The number of hydrogen-bond acceptors (Lipinski definition) is 3. The molecule has 0 aromatic rings. The Morgan fingerprint density at radius 2 is 2.07 bits per heavy atom. The van der Waals surface area contributed by atoms with Crippen molar-refractivity contribution in [2.75, 3.05) is 19.6 Å². The van der Waals surface area contributed by atoms with Crippen LogP contribution in [0.2, 0.25) is 0 Å². The zero-order valence-electron chi connectivity index (χ0n) is 9.51. The van der Waals surface area contributed by atoms with Crippen molar-refractivity contribution in [3.63, 3.8) is 0 Å². The standard InChI is InChI=1S/C10H23N3O/c1-4-13(8-10(2,3)14)7-5-6-9(11)12/h14H,4-8H2,1-3H3,(H3,11,12). The molecule has 0 bridgehead atoms. The van der Waals surface area contributed by atoms with E-state index in [1.807, 2.05) is 0 Å². The summed E-state index contributed by atoms with van der Waals surface area (Å²) in [7, 11) is 0. The summed E-state index contributed by atoms with van der Waals surface area (Å²) < 4.78 is 0. The van der Waals surface area contributed by atoms with Crippen LogP contribution >= 0.6 is 0 Å².